The number of nitrogens with zero attached hydrogens (tertiary/aromatic N) is 4. The largest absolute Gasteiger partial charge is 0.444 e. The fourth-order valence-corrected chi connectivity index (χ4v) is 2.07. The quantitative estimate of drug-likeness (QED) is 0.586. The van der Waals surface area contributed by atoms with E-state index in [4.69, 9.17) is 4.74 Å². The minimum Gasteiger partial charge on any atom is -0.444 e. The van der Waals surface area contributed by atoms with Gasteiger partial charge in [0.1, 0.15) is 16.0 Å². The first-order chi connectivity index (χ1) is 11.6. The number of aliphatic imine (C=N–C) groups is 1. The number of amides is 1. The fourth-order valence-electron chi connectivity index (χ4n) is 1.87. The third kappa shape index (κ3) is 7.64. The number of anilines is 1. The highest BCUT2D eigenvalue weighted by Gasteiger charge is 2.22. The molecule has 138 valence electrons. The maximum Gasteiger partial charge on any atom is 0.408 e. The second-order valence-electron chi connectivity index (χ2n) is 6.40. The van der Waals surface area contributed by atoms with Crippen molar-refractivity contribution >= 4 is 33.7 Å². The van der Waals surface area contributed by atoms with Crippen molar-refractivity contribution in [1.29, 1.82) is 0 Å². The zero-order valence-electron chi connectivity index (χ0n) is 15.6. The van der Waals surface area contributed by atoms with Gasteiger partial charge in [0.2, 0.25) is 0 Å². The first-order valence-corrected chi connectivity index (χ1v) is 8.86. The topological polar surface area (TPSA) is 79.7 Å². The molecule has 25 heavy (non-hydrogen) atoms. The molecule has 0 saturated carbocycles. The number of allylic oxidation sites excluding steroid dienone is 1. The predicted octanol–water partition coefficient (Wildman–Crippen LogP) is 3.91. The van der Waals surface area contributed by atoms with Gasteiger partial charge >= 0.3 is 6.09 Å². The molecule has 0 aliphatic carbocycles. The van der Waals surface area contributed by atoms with Gasteiger partial charge in [0.05, 0.1) is 18.4 Å². The zero-order valence-corrected chi connectivity index (χ0v) is 17.2. The van der Waals surface area contributed by atoms with Gasteiger partial charge in [-0.15, -0.1) is 0 Å². The summed E-state index contributed by atoms with van der Waals surface area (Å²) in [5.74, 6) is 1.23. The third-order valence-corrected chi connectivity index (χ3v) is 3.37. The van der Waals surface area contributed by atoms with Crippen LogP contribution in [0, 0.1) is 0 Å². The molecule has 1 heterocycles. The Balaban J connectivity index is 2.99. The standard InChI is InChI=1S/C17H26BrN5O2/c1-7-8-9-19-15(12(2)22-16(24)25-17(3,4)5)23(6)14-11-20-13(18)10-21-14/h8-12H,7H2,1-6H3,(H,22,24)/b9-8+,19-15?. The molecule has 1 N–H and O–H groups in total. The molecule has 1 aromatic heterocycles. The van der Waals surface area contributed by atoms with Gasteiger partial charge in [0.15, 0.2) is 5.82 Å². The van der Waals surface area contributed by atoms with Gasteiger partial charge in [0, 0.05) is 13.2 Å². The number of ether oxygens (including phenoxy) is 1. The molecule has 1 amide bonds. The highest BCUT2D eigenvalue weighted by Crippen LogP contribution is 2.13. The van der Waals surface area contributed by atoms with Crippen LogP contribution in [0.3, 0.4) is 0 Å². The summed E-state index contributed by atoms with van der Waals surface area (Å²) in [7, 11) is 1.82. The fraction of sp³-hybridized carbons (Fsp3) is 0.529. The van der Waals surface area contributed by atoms with E-state index in [1.54, 1.807) is 23.5 Å². The van der Waals surface area contributed by atoms with Crippen LogP contribution in [0.4, 0.5) is 10.6 Å². The van der Waals surface area contributed by atoms with Crippen LogP contribution >= 0.6 is 15.9 Å². The number of carbonyl (C=O) groups excluding carboxylic acids is 1. The summed E-state index contributed by atoms with van der Waals surface area (Å²) >= 11 is 3.27. The van der Waals surface area contributed by atoms with E-state index in [2.05, 4.69) is 36.2 Å². The van der Waals surface area contributed by atoms with Crippen molar-refractivity contribution in [3.63, 3.8) is 0 Å². The van der Waals surface area contributed by atoms with Gasteiger partial charge in [-0.05, 0) is 50.0 Å². The van der Waals surface area contributed by atoms with E-state index >= 15 is 0 Å². The van der Waals surface area contributed by atoms with E-state index in [0.29, 0.717) is 16.3 Å². The molecule has 1 atom stereocenters. The van der Waals surface area contributed by atoms with Gasteiger partial charge in [-0.2, -0.15) is 0 Å². The third-order valence-electron chi connectivity index (χ3n) is 2.96. The lowest BCUT2D eigenvalue weighted by Crippen LogP contribution is -2.47. The van der Waals surface area contributed by atoms with Gasteiger partial charge in [-0.25, -0.2) is 19.8 Å². The molecule has 0 spiro atoms. The molecule has 1 aromatic rings. The first kappa shape index (κ1) is 21.1. The van der Waals surface area contributed by atoms with E-state index in [9.17, 15) is 4.79 Å². The zero-order chi connectivity index (χ0) is 19.0. The van der Waals surface area contributed by atoms with Crippen LogP contribution in [0.1, 0.15) is 41.0 Å². The number of carbonyl (C=O) groups is 1. The SMILES string of the molecule is CC/C=C/N=C(C(C)NC(=O)OC(C)(C)C)N(C)c1cnc(Br)cn1. The Kier molecular flexibility index (Phi) is 8.02. The lowest BCUT2D eigenvalue weighted by Gasteiger charge is -2.26. The highest BCUT2D eigenvalue weighted by atomic mass is 79.9. The van der Waals surface area contributed by atoms with Crippen LogP contribution in [0.25, 0.3) is 0 Å². The van der Waals surface area contributed by atoms with Crippen LogP contribution in [0.2, 0.25) is 0 Å². The van der Waals surface area contributed by atoms with Gasteiger partial charge in [0.25, 0.3) is 0 Å². The first-order valence-electron chi connectivity index (χ1n) is 8.07. The second-order valence-corrected chi connectivity index (χ2v) is 7.22. The molecule has 0 saturated heterocycles. The lowest BCUT2D eigenvalue weighted by molar-refractivity contribution is 0.0521. The molecule has 0 aliphatic rings. The van der Waals surface area contributed by atoms with Crippen molar-refractivity contribution in [1.82, 2.24) is 15.3 Å². The van der Waals surface area contributed by atoms with Crippen LogP contribution in [0.15, 0.2) is 34.3 Å². The summed E-state index contributed by atoms with van der Waals surface area (Å²) in [5.41, 5.74) is -0.563. The number of nitrogens with one attached hydrogen (secondary N) is 1. The van der Waals surface area contributed by atoms with Crippen LogP contribution < -0.4 is 10.2 Å². The van der Waals surface area contributed by atoms with Crippen LogP contribution in [0.5, 0.6) is 0 Å². The average Bonchev–Trinajstić information content (AvgIpc) is 2.49. The number of halogens is 1. The van der Waals surface area contributed by atoms with Gasteiger partial charge in [-0.3, -0.25) is 0 Å². The van der Waals surface area contributed by atoms with E-state index in [1.165, 1.54) is 0 Å². The van der Waals surface area contributed by atoms with Crippen molar-refractivity contribution in [3.05, 3.63) is 29.3 Å². The maximum absolute atomic E-state index is 12.0. The molecule has 0 aromatic carbocycles. The highest BCUT2D eigenvalue weighted by molar-refractivity contribution is 9.10. The summed E-state index contributed by atoms with van der Waals surface area (Å²) in [6.07, 6.45) is 7.25. The van der Waals surface area contributed by atoms with Crippen molar-refractivity contribution in [2.45, 2.75) is 52.7 Å². The van der Waals surface area contributed by atoms with E-state index < -0.39 is 11.7 Å². The second kappa shape index (κ2) is 9.50. The summed E-state index contributed by atoms with van der Waals surface area (Å²) in [6, 6.07) is -0.383. The number of hydrogen-bond acceptors (Lipinski definition) is 5. The number of rotatable bonds is 5. The molecule has 0 bridgehead atoms. The summed E-state index contributed by atoms with van der Waals surface area (Å²) in [6.45, 7) is 9.32. The van der Waals surface area contributed by atoms with Crippen LogP contribution in [-0.2, 0) is 4.74 Å². The molecule has 1 unspecified atom stereocenters. The Hall–Kier alpha value is -1.96. The molecule has 0 radical (unpaired) electrons. The molecule has 8 heteroatoms. The number of likely N-dealkylation sites (N-methyl/N-ethyl adjacent to an activating group) is 1. The lowest BCUT2D eigenvalue weighted by atomic mass is 10.2. The van der Waals surface area contributed by atoms with Gasteiger partial charge < -0.3 is 15.0 Å². The Morgan fingerprint density at radius 3 is 2.64 bits per heavy atom. The molecule has 1 rings (SSSR count). The monoisotopic (exact) mass is 411 g/mol. The number of amidine groups is 1. The summed E-state index contributed by atoms with van der Waals surface area (Å²) in [5, 5.41) is 2.80. The molecular formula is C17H26BrN5O2. The van der Waals surface area contributed by atoms with Crippen molar-refractivity contribution in [3.8, 4) is 0 Å². The Bertz CT molecular complexity index is 623. The normalized spacial score (nSPS) is 13.6. The predicted molar refractivity (Wildman–Crippen MR) is 104 cm³/mol. The summed E-state index contributed by atoms with van der Waals surface area (Å²) < 4.78 is 5.96. The Morgan fingerprint density at radius 2 is 2.12 bits per heavy atom. The van der Waals surface area contributed by atoms with E-state index in [0.717, 1.165) is 6.42 Å². The smallest absolute Gasteiger partial charge is 0.408 e. The molecule has 7 nitrogen and oxygen atoms in total. The van der Waals surface area contributed by atoms with Gasteiger partial charge in [-0.1, -0.05) is 13.0 Å². The van der Waals surface area contributed by atoms with Crippen molar-refractivity contribution in [2.75, 3.05) is 11.9 Å². The number of aromatic nitrogens is 2. The minimum atomic E-state index is -0.563. The van der Waals surface area contributed by atoms with E-state index in [-0.39, 0.29) is 6.04 Å². The number of alkyl carbamates (subject to hydrolysis) is 1. The van der Waals surface area contributed by atoms with Crippen molar-refractivity contribution < 1.29 is 9.53 Å². The Morgan fingerprint density at radius 1 is 1.44 bits per heavy atom. The average molecular weight is 412 g/mol. The molecule has 0 aliphatic heterocycles. The van der Waals surface area contributed by atoms with Crippen molar-refractivity contribution in [2.24, 2.45) is 4.99 Å². The van der Waals surface area contributed by atoms with Crippen LogP contribution in [-0.4, -0.2) is 40.6 Å². The maximum atomic E-state index is 12.0. The molecule has 0 fully saturated rings. The van der Waals surface area contributed by atoms with E-state index in [1.807, 2.05) is 47.7 Å². The minimum absolute atomic E-state index is 0.383. The molecular weight excluding hydrogens is 386 g/mol. The Labute approximate surface area is 157 Å². The summed E-state index contributed by atoms with van der Waals surface area (Å²) in [4.78, 5) is 26.8. The number of hydrogen-bond donors (Lipinski definition) is 1.